The summed E-state index contributed by atoms with van der Waals surface area (Å²) >= 11 is 0. The minimum Gasteiger partial charge on any atom is -0.449 e. The van der Waals surface area contributed by atoms with E-state index in [1.54, 1.807) is 0 Å². The van der Waals surface area contributed by atoms with E-state index in [2.05, 4.69) is 11.4 Å². The lowest BCUT2D eigenvalue weighted by Gasteiger charge is -2.11. The summed E-state index contributed by atoms with van der Waals surface area (Å²) in [5, 5.41) is 11.3. The van der Waals surface area contributed by atoms with Crippen LogP contribution in [0, 0.1) is 23.2 Å². The number of hydrogen-bond donors (Lipinski definition) is 1. The molecule has 1 saturated carbocycles. The first-order chi connectivity index (χ1) is 6.63. The van der Waals surface area contributed by atoms with E-state index < -0.39 is 6.09 Å². The third-order valence-corrected chi connectivity index (χ3v) is 2.05. The molecule has 0 aromatic carbocycles. The van der Waals surface area contributed by atoms with Crippen molar-refractivity contribution in [2.75, 3.05) is 6.61 Å². The van der Waals surface area contributed by atoms with E-state index in [4.69, 9.17) is 10.00 Å². The van der Waals surface area contributed by atoms with E-state index in [0.29, 0.717) is 18.4 Å². The van der Waals surface area contributed by atoms with E-state index in [-0.39, 0.29) is 6.04 Å². The highest BCUT2D eigenvalue weighted by Crippen LogP contribution is 2.32. The molecule has 0 aromatic rings. The zero-order valence-electron chi connectivity index (χ0n) is 8.62. The van der Waals surface area contributed by atoms with Gasteiger partial charge in [-0.1, -0.05) is 13.8 Å². The summed E-state index contributed by atoms with van der Waals surface area (Å²) in [6.45, 7) is 4.33. The van der Waals surface area contributed by atoms with Crippen LogP contribution in [0.4, 0.5) is 4.79 Å². The summed E-state index contributed by atoms with van der Waals surface area (Å²) < 4.78 is 4.91. The van der Waals surface area contributed by atoms with Gasteiger partial charge in [0.15, 0.2) is 0 Å². The first-order valence-electron chi connectivity index (χ1n) is 4.96. The molecular formula is C10H16N2O2. The molecule has 4 heteroatoms. The van der Waals surface area contributed by atoms with Crippen molar-refractivity contribution in [3.05, 3.63) is 0 Å². The van der Waals surface area contributed by atoms with Crippen LogP contribution < -0.4 is 5.32 Å². The van der Waals surface area contributed by atoms with Gasteiger partial charge in [0, 0.05) is 0 Å². The van der Waals surface area contributed by atoms with E-state index in [0.717, 1.165) is 12.8 Å². The Balaban J connectivity index is 2.21. The smallest absolute Gasteiger partial charge is 0.408 e. The lowest BCUT2D eigenvalue weighted by atomic mass is 10.2. The zero-order chi connectivity index (χ0) is 10.6. The molecular weight excluding hydrogens is 180 g/mol. The normalized spacial score (nSPS) is 17.3. The van der Waals surface area contributed by atoms with Gasteiger partial charge < -0.3 is 10.1 Å². The van der Waals surface area contributed by atoms with Gasteiger partial charge in [-0.25, -0.2) is 4.79 Å². The molecule has 0 aliphatic heterocycles. The Labute approximate surface area is 84.2 Å². The predicted octanol–water partition coefficient (Wildman–Crippen LogP) is 1.67. The Hall–Kier alpha value is -1.24. The summed E-state index contributed by atoms with van der Waals surface area (Å²) in [4.78, 5) is 11.2. The first-order valence-corrected chi connectivity index (χ1v) is 4.96. The van der Waals surface area contributed by atoms with Gasteiger partial charge in [0.05, 0.1) is 12.7 Å². The SMILES string of the molecule is CC(C)COC(=O)NC(C#N)C1CC1. The van der Waals surface area contributed by atoms with Crippen molar-refractivity contribution < 1.29 is 9.53 Å². The van der Waals surface area contributed by atoms with Crippen molar-refractivity contribution in [3.63, 3.8) is 0 Å². The van der Waals surface area contributed by atoms with Crippen molar-refractivity contribution in [3.8, 4) is 6.07 Å². The van der Waals surface area contributed by atoms with Crippen molar-refractivity contribution >= 4 is 6.09 Å². The van der Waals surface area contributed by atoms with Crippen LogP contribution in [0.1, 0.15) is 26.7 Å². The van der Waals surface area contributed by atoms with Crippen LogP contribution in [0.3, 0.4) is 0 Å². The second kappa shape index (κ2) is 4.85. The topological polar surface area (TPSA) is 62.1 Å². The zero-order valence-corrected chi connectivity index (χ0v) is 8.62. The van der Waals surface area contributed by atoms with Gasteiger partial charge in [0.1, 0.15) is 6.04 Å². The number of amides is 1. The molecule has 78 valence electrons. The van der Waals surface area contributed by atoms with E-state index in [1.165, 1.54) is 0 Å². The maximum Gasteiger partial charge on any atom is 0.408 e. The lowest BCUT2D eigenvalue weighted by molar-refractivity contribution is 0.130. The molecule has 0 heterocycles. The fraction of sp³-hybridized carbons (Fsp3) is 0.800. The highest BCUT2D eigenvalue weighted by molar-refractivity contribution is 5.68. The molecule has 14 heavy (non-hydrogen) atoms. The fourth-order valence-electron chi connectivity index (χ4n) is 1.10. The van der Waals surface area contributed by atoms with Crippen molar-refractivity contribution in [2.24, 2.45) is 11.8 Å². The monoisotopic (exact) mass is 196 g/mol. The third-order valence-electron chi connectivity index (χ3n) is 2.05. The van der Waals surface area contributed by atoms with Crippen LogP contribution >= 0.6 is 0 Å². The Kier molecular flexibility index (Phi) is 3.75. The minimum atomic E-state index is -0.475. The highest BCUT2D eigenvalue weighted by Gasteiger charge is 2.32. The van der Waals surface area contributed by atoms with E-state index >= 15 is 0 Å². The summed E-state index contributed by atoms with van der Waals surface area (Å²) in [6.07, 6.45) is 1.59. The van der Waals surface area contributed by atoms with Gasteiger partial charge in [-0.05, 0) is 24.7 Å². The average Bonchev–Trinajstić information content (AvgIpc) is 2.94. The molecule has 4 nitrogen and oxygen atoms in total. The average molecular weight is 196 g/mol. The number of alkyl carbamates (subject to hydrolysis) is 1. The third kappa shape index (κ3) is 3.65. The maximum absolute atomic E-state index is 11.2. The van der Waals surface area contributed by atoms with Crippen LogP contribution in [-0.2, 0) is 4.74 Å². The summed E-state index contributed by atoms with van der Waals surface area (Å²) in [6, 6.07) is 1.70. The quantitative estimate of drug-likeness (QED) is 0.744. The molecule has 0 saturated heterocycles. The predicted molar refractivity (Wildman–Crippen MR) is 51.4 cm³/mol. The molecule has 0 radical (unpaired) electrons. The van der Waals surface area contributed by atoms with Crippen molar-refractivity contribution in [2.45, 2.75) is 32.7 Å². The first kappa shape index (κ1) is 10.8. The standard InChI is InChI=1S/C10H16N2O2/c1-7(2)6-14-10(13)12-9(5-11)8-3-4-8/h7-9H,3-4,6H2,1-2H3,(H,12,13). The Morgan fingerprint density at radius 3 is 2.71 bits per heavy atom. The Bertz CT molecular complexity index is 241. The summed E-state index contributed by atoms with van der Waals surface area (Å²) in [7, 11) is 0. The second-order valence-corrected chi connectivity index (χ2v) is 4.08. The molecule has 1 aliphatic carbocycles. The number of nitrogens with zero attached hydrogens (tertiary/aromatic N) is 1. The number of nitriles is 1. The second-order valence-electron chi connectivity index (χ2n) is 4.08. The van der Waals surface area contributed by atoms with Gasteiger partial charge in [0.25, 0.3) is 0 Å². The van der Waals surface area contributed by atoms with Crippen molar-refractivity contribution in [1.82, 2.24) is 5.32 Å². The summed E-state index contributed by atoms with van der Waals surface area (Å²) in [5.41, 5.74) is 0. The lowest BCUT2D eigenvalue weighted by Crippen LogP contribution is -2.36. The molecule has 1 aliphatic rings. The molecule has 1 fully saturated rings. The molecule has 1 amide bonds. The molecule has 1 unspecified atom stereocenters. The molecule has 0 spiro atoms. The van der Waals surface area contributed by atoms with Crippen LogP contribution in [0.2, 0.25) is 0 Å². The van der Waals surface area contributed by atoms with Gasteiger partial charge >= 0.3 is 6.09 Å². The Morgan fingerprint density at radius 1 is 1.64 bits per heavy atom. The van der Waals surface area contributed by atoms with Crippen LogP contribution in [-0.4, -0.2) is 18.7 Å². The number of carbonyl (C=O) groups is 1. The molecule has 0 aromatic heterocycles. The van der Waals surface area contributed by atoms with Crippen LogP contribution in [0.25, 0.3) is 0 Å². The number of carbonyl (C=O) groups excluding carboxylic acids is 1. The van der Waals surface area contributed by atoms with Gasteiger partial charge in [-0.15, -0.1) is 0 Å². The fourth-order valence-corrected chi connectivity index (χ4v) is 1.10. The number of ether oxygens (including phenoxy) is 1. The molecule has 1 rings (SSSR count). The van der Waals surface area contributed by atoms with E-state index in [9.17, 15) is 4.79 Å². The molecule has 1 N–H and O–H groups in total. The van der Waals surface area contributed by atoms with Crippen LogP contribution in [0.5, 0.6) is 0 Å². The van der Waals surface area contributed by atoms with Crippen molar-refractivity contribution in [1.29, 1.82) is 5.26 Å². The Morgan fingerprint density at radius 2 is 2.29 bits per heavy atom. The number of hydrogen-bond acceptors (Lipinski definition) is 3. The molecule has 1 atom stereocenters. The number of nitrogens with one attached hydrogen (secondary N) is 1. The number of rotatable bonds is 4. The van der Waals surface area contributed by atoms with Crippen LogP contribution in [0.15, 0.2) is 0 Å². The minimum absolute atomic E-state index is 0.321. The summed E-state index contributed by atoms with van der Waals surface area (Å²) in [5.74, 6) is 0.661. The van der Waals surface area contributed by atoms with Gasteiger partial charge in [-0.2, -0.15) is 5.26 Å². The van der Waals surface area contributed by atoms with E-state index in [1.807, 2.05) is 13.8 Å². The van der Waals surface area contributed by atoms with Gasteiger partial charge in [0.2, 0.25) is 0 Å². The largest absolute Gasteiger partial charge is 0.449 e. The van der Waals surface area contributed by atoms with Gasteiger partial charge in [-0.3, -0.25) is 0 Å². The highest BCUT2D eigenvalue weighted by atomic mass is 16.5. The molecule has 0 bridgehead atoms. The maximum atomic E-state index is 11.2.